The summed E-state index contributed by atoms with van der Waals surface area (Å²) in [6.45, 7) is 6.38. The molecule has 0 aliphatic carbocycles. The van der Waals surface area contributed by atoms with Crippen LogP contribution in [0.5, 0.6) is 0 Å². The summed E-state index contributed by atoms with van der Waals surface area (Å²) in [5, 5.41) is 1.64. The van der Waals surface area contributed by atoms with Gasteiger partial charge in [0, 0.05) is 41.8 Å². The zero-order valence-corrected chi connectivity index (χ0v) is 17.9. The summed E-state index contributed by atoms with van der Waals surface area (Å²) in [4.78, 5) is 6.59. The number of benzene rings is 2. The smallest absolute Gasteiger partial charge is 0.215 e. The zero-order chi connectivity index (χ0) is 20.8. The monoisotopic (exact) mass is 419 g/mol. The Morgan fingerprint density at radius 2 is 1.83 bits per heavy atom. The summed E-state index contributed by atoms with van der Waals surface area (Å²) in [7, 11) is 0. The second-order valence-corrected chi connectivity index (χ2v) is 8.47. The lowest BCUT2D eigenvalue weighted by Gasteiger charge is -2.30. The van der Waals surface area contributed by atoms with Crippen molar-refractivity contribution in [3.05, 3.63) is 93.5 Å². The highest BCUT2D eigenvalue weighted by atomic mass is 35.5. The molecule has 0 spiro atoms. The van der Waals surface area contributed by atoms with Gasteiger partial charge >= 0.3 is 0 Å². The van der Waals surface area contributed by atoms with Gasteiger partial charge in [-0.1, -0.05) is 48.0 Å². The molecule has 0 N–H and O–H groups in total. The first-order valence-corrected chi connectivity index (χ1v) is 10.6. The van der Waals surface area contributed by atoms with E-state index in [-0.39, 0.29) is 0 Å². The molecule has 3 heterocycles. The molecule has 152 valence electrons. The third-order valence-electron chi connectivity index (χ3n) is 6.22. The standard InChI is InChI=1S/C25H23ClFN3/c1-16-17(2)30(14-18-6-5-9-21(26)12-18)24-22(16)13-23(27)28-25(24)29-11-10-19-7-3-4-8-20(19)15-29/h3-9,12-13H,10-11,14-15H2,1-2H3. The quantitative estimate of drug-likeness (QED) is 0.376. The minimum atomic E-state index is -0.431. The number of aryl methyl sites for hydroxylation is 1. The van der Waals surface area contributed by atoms with Gasteiger partial charge in [-0.2, -0.15) is 4.39 Å². The van der Waals surface area contributed by atoms with E-state index < -0.39 is 5.95 Å². The highest BCUT2D eigenvalue weighted by Crippen LogP contribution is 2.35. The van der Waals surface area contributed by atoms with Gasteiger partial charge in [-0.15, -0.1) is 0 Å². The summed E-state index contributed by atoms with van der Waals surface area (Å²) in [6, 6.07) is 17.9. The van der Waals surface area contributed by atoms with E-state index >= 15 is 0 Å². The van der Waals surface area contributed by atoms with Crippen molar-refractivity contribution in [3.8, 4) is 0 Å². The number of aromatic nitrogens is 2. The molecule has 1 aliphatic heterocycles. The topological polar surface area (TPSA) is 21.1 Å². The molecule has 30 heavy (non-hydrogen) atoms. The molecule has 4 aromatic rings. The van der Waals surface area contributed by atoms with Crippen LogP contribution in [-0.2, 0) is 19.5 Å². The molecule has 2 aromatic heterocycles. The number of nitrogens with zero attached hydrogens (tertiary/aromatic N) is 3. The fourth-order valence-corrected chi connectivity index (χ4v) is 4.74. The van der Waals surface area contributed by atoms with Crippen molar-refractivity contribution in [2.45, 2.75) is 33.4 Å². The van der Waals surface area contributed by atoms with E-state index in [0.717, 1.165) is 58.1 Å². The Morgan fingerprint density at radius 1 is 1.03 bits per heavy atom. The van der Waals surface area contributed by atoms with Gasteiger partial charge < -0.3 is 9.47 Å². The fraction of sp³-hybridized carbons (Fsp3) is 0.240. The maximum atomic E-state index is 14.6. The number of rotatable bonds is 3. The highest BCUT2D eigenvalue weighted by molar-refractivity contribution is 6.30. The maximum Gasteiger partial charge on any atom is 0.215 e. The molecule has 0 saturated carbocycles. The van der Waals surface area contributed by atoms with Crippen molar-refractivity contribution in [1.82, 2.24) is 9.55 Å². The molecule has 0 bridgehead atoms. The number of halogens is 2. The van der Waals surface area contributed by atoms with Crippen LogP contribution in [0.25, 0.3) is 10.9 Å². The van der Waals surface area contributed by atoms with Crippen LogP contribution in [-0.4, -0.2) is 16.1 Å². The maximum absolute atomic E-state index is 14.6. The lowest BCUT2D eigenvalue weighted by molar-refractivity contribution is 0.580. The zero-order valence-electron chi connectivity index (χ0n) is 17.1. The van der Waals surface area contributed by atoms with Crippen LogP contribution in [0.1, 0.15) is 27.9 Å². The predicted molar refractivity (Wildman–Crippen MR) is 121 cm³/mol. The van der Waals surface area contributed by atoms with E-state index in [1.807, 2.05) is 18.2 Å². The molecular formula is C25H23ClFN3. The van der Waals surface area contributed by atoms with Crippen molar-refractivity contribution in [1.29, 1.82) is 0 Å². The van der Waals surface area contributed by atoms with Crippen LogP contribution in [0.15, 0.2) is 54.6 Å². The third kappa shape index (κ3) is 3.25. The normalized spacial score (nSPS) is 13.7. The van der Waals surface area contributed by atoms with Gasteiger partial charge in [-0.05, 0) is 54.7 Å². The second kappa shape index (κ2) is 7.44. The van der Waals surface area contributed by atoms with E-state index in [0.29, 0.717) is 6.54 Å². The van der Waals surface area contributed by atoms with Crippen LogP contribution >= 0.6 is 11.6 Å². The van der Waals surface area contributed by atoms with Crippen molar-refractivity contribution >= 4 is 28.3 Å². The average Bonchev–Trinajstić information content (AvgIpc) is 2.98. The van der Waals surface area contributed by atoms with E-state index in [1.54, 1.807) is 6.07 Å². The largest absolute Gasteiger partial charge is 0.350 e. The van der Waals surface area contributed by atoms with E-state index in [1.165, 1.54) is 11.1 Å². The van der Waals surface area contributed by atoms with Crippen molar-refractivity contribution in [2.24, 2.45) is 0 Å². The summed E-state index contributed by atoms with van der Waals surface area (Å²) >= 11 is 6.22. The summed E-state index contributed by atoms with van der Waals surface area (Å²) in [6.07, 6.45) is 0.933. The Morgan fingerprint density at radius 3 is 2.63 bits per heavy atom. The van der Waals surface area contributed by atoms with Crippen molar-refractivity contribution in [3.63, 3.8) is 0 Å². The lowest BCUT2D eigenvalue weighted by Crippen LogP contribution is -2.31. The molecule has 0 saturated heterocycles. The number of pyridine rings is 1. The molecule has 2 aromatic carbocycles. The Bertz CT molecular complexity index is 1260. The number of hydrogen-bond donors (Lipinski definition) is 0. The average molecular weight is 420 g/mol. The Balaban J connectivity index is 1.66. The van der Waals surface area contributed by atoms with Gasteiger partial charge in [0.05, 0.1) is 5.52 Å². The molecule has 0 radical (unpaired) electrons. The van der Waals surface area contributed by atoms with Crippen LogP contribution in [0.2, 0.25) is 5.02 Å². The first kappa shape index (κ1) is 19.1. The van der Waals surface area contributed by atoms with Crippen LogP contribution in [0, 0.1) is 19.8 Å². The molecule has 5 rings (SSSR count). The van der Waals surface area contributed by atoms with E-state index in [4.69, 9.17) is 11.6 Å². The highest BCUT2D eigenvalue weighted by Gasteiger charge is 2.24. The van der Waals surface area contributed by atoms with Gasteiger partial charge in [0.15, 0.2) is 5.82 Å². The predicted octanol–water partition coefficient (Wildman–Crippen LogP) is 6.06. The van der Waals surface area contributed by atoms with Gasteiger partial charge in [0.2, 0.25) is 5.95 Å². The summed E-state index contributed by atoms with van der Waals surface area (Å²) < 4.78 is 16.8. The first-order chi connectivity index (χ1) is 14.5. The number of hydrogen-bond acceptors (Lipinski definition) is 2. The van der Waals surface area contributed by atoms with Crippen LogP contribution in [0.4, 0.5) is 10.2 Å². The third-order valence-corrected chi connectivity index (χ3v) is 6.46. The summed E-state index contributed by atoms with van der Waals surface area (Å²) in [5.41, 5.74) is 6.96. The van der Waals surface area contributed by atoms with Gasteiger partial charge in [0.25, 0.3) is 0 Å². The van der Waals surface area contributed by atoms with Crippen LogP contribution < -0.4 is 4.90 Å². The number of anilines is 1. The van der Waals surface area contributed by atoms with Gasteiger partial charge in [-0.25, -0.2) is 4.98 Å². The fourth-order valence-electron chi connectivity index (χ4n) is 4.52. The minimum Gasteiger partial charge on any atom is -0.350 e. The lowest BCUT2D eigenvalue weighted by atomic mass is 10.00. The van der Waals surface area contributed by atoms with Gasteiger partial charge in [0.1, 0.15) is 0 Å². The van der Waals surface area contributed by atoms with E-state index in [9.17, 15) is 4.39 Å². The minimum absolute atomic E-state index is 0.431. The van der Waals surface area contributed by atoms with Crippen LogP contribution in [0.3, 0.4) is 0 Å². The molecule has 1 aliphatic rings. The molecule has 0 fully saturated rings. The molecule has 0 amide bonds. The molecule has 0 atom stereocenters. The summed E-state index contributed by atoms with van der Waals surface area (Å²) in [5.74, 6) is 0.289. The molecule has 3 nitrogen and oxygen atoms in total. The van der Waals surface area contributed by atoms with Crippen molar-refractivity contribution < 1.29 is 4.39 Å². The van der Waals surface area contributed by atoms with Gasteiger partial charge in [-0.3, -0.25) is 0 Å². The first-order valence-electron chi connectivity index (χ1n) is 10.2. The SMILES string of the molecule is Cc1c(C)n(Cc2cccc(Cl)c2)c2c(N3CCc4ccccc4C3)nc(F)cc12. The Hall–Kier alpha value is -2.85. The molecule has 0 unspecified atom stereocenters. The molecular weight excluding hydrogens is 397 g/mol. The number of fused-ring (bicyclic) bond motifs is 2. The van der Waals surface area contributed by atoms with Crippen molar-refractivity contribution in [2.75, 3.05) is 11.4 Å². The van der Waals surface area contributed by atoms with E-state index in [2.05, 4.69) is 58.6 Å². The molecule has 5 heteroatoms. The Labute approximate surface area is 180 Å². The second-order valence-electron chi connectivity index (χ2n) is 8.03. The Kier molecular flexibility index (Phi) is 4.75.